The predicted octanol–water partition coefficient (Wildman–Crippen LogP) is 3.80. The Hall–Kier alpha value is -3.65. The molecule has 0 saturated carbocycles. The highest BCUT2D eigenvalue weighted by Gasteiger charge is 2.20. The van der Waals surface area contributed by atoms with Crippen molar-refractivity contribution >= 4 is 21.4 Å². The molecule has 2 aromatic carbocycles. The van der Waals surface area contributed by atoms with Gasteiger partial charge in [-0.1, -0.05) is 12.1 Å². The maximum absolute atomic E-state index is 13.1. The van der Waals surface area contributed by atoms with Crippen LogP contribution >= 0.6 is 0 Å². The van der Waals surface area contributed by atoms with Crippen LogP contribution in [0.2, 0.25) is 0 Å². The minimum Gasteiger partial charge on any atom is -0.494 e. The molecule has 0 atom stereocenters. The fraction of sp³-hybridized carbons (Fsp3) is 0.167. The third-order valence-electron chi connectivity index (χ3n) is 5.08. The van der Waals surface area contributed by atoms with Gasteiger partial charge in [-0.2, -0.15) is 0 Å². The minimum absolute atomic E-state index is 0.199. The number of pyridine rings is 1. The molecule has 1 amide bonds. The number of aromatic nitrogens is 2. The van der Waals surface area contributed by atoms with Gasteiger partial charge >= 0.3 is 0 Å². The van der Waals surface area contributed by atoms with Crippen LogP contribution in [0.5, 0.6) is 5.75 Å². The summed E-state index contributed by atoms with van der Waals surface area (Å²) in [4.78, 5) is 17.1. The number of carbonyl (C=O) groups is 1. The molecule has 1 N–H and O–H groups in total. The second-order valence-electron chi connectivity index (χ2n) is 7.30. The Morgan fingerprint density at radius 3 is 2.59 bits per heavy atom. The van der Waals surface area contributed by atoms with Crippen molar-refractivity contribution in [1.29, 1.82) is 0 Å². The van der Waals surface area contributed by atoms with Crippen molar-refractivity contribution < 1.29 is 17.9 Å². The standard InChI is InChI=1S/C24H23N3O4S/c1-3-31-20-7-10-22(17(2)14-20)32(29,30)21-8-4-18(5-9-21)15-26-24(28)19-6-11-23-25-12-13-27(23)16-19/h4-14,16H,3,15H2,1-2H3,(H,26,28). The molecule has 8 heteroatoms. The number of nitrogens with zero attached hydrogens (tertiary/aromatic N) is 2. The SMILES string of the molecule is CCOc1ccc(S(=O)(=O)c2ccc(CNC(=O)c3ccc4nccn4c3)cc2)c(C)c1. The van der Waals surface area contributed by atoms with Crippen LogP contribution in [0.1, 0.15) is 28.4 Å². The van der Waals surface area contributed by atoms with Gasteiger partial charge in [-0.05, 0) is 67.4 Å². The number of benzene rings is 2. The molecule has 0 aliphatic heterocycles. The molecule has 164 valence electrons. The van der Waals surface area contributed by atoms with Crippen molar-refractivity contribution in [3.63, 3.8) is 0 Å². The van der Waals surface area contributed by atoms with E-state index in [0.717, 1.165) is 11.2 Å². The van der Waals surface area contributed by atoms with E-state index in [2.05, 4.69) is 10.3 Å². The van der Waals surface area contributed by atoms with Crippen LogP contribution in [-0.4, -0.2) is 30.3 Å². The van der Waals surface area contributed by atoms with E-state index in [9.17, 15) is 13.2 Å². The number of amides is 1. The van der Waals surface area contributed by atoms with Crippen molar-refractivity contribution in [2.75, 3.05) is 6.61 Å². The number of rotatable bonds is 7. The van der Waals surface area contributed by atoms with Crippen LogP contribution in [0.15, 0.2) is 83.0 Å². The zero-order valence-corrected chi connectivity index (χ0v) is 18.6. The van der Waals surface area contributed by atoms with Gasteiger partial charge in [0.2, 0.25) is 9.84 Å². The molecular weight excluding hydrogens is 426 g/mol. The fourth-order valence-corrected chi connectivity index (χ4v) is 4.91. The maximum Gasteiger partial charge on any atom is 0.253 e. The summed E-state index contributed by atoms with van der Waals surface area (Å²) < 4.78 is 33.3. The molecule has 0 aliphatic carbocycles. The quantitative estimate of drug-likeness (QED) is 0.463. The number of nitrogens with one attached hydrogen (secondary N) is 1. The molecule has 0 bridgehead atoms. The van der Waals surface area contributed by atoms with Gasteiger partial charge in [0.05, 0.1) is 22.0 Å². The first-order valence-corrected chi connectivity index (χ1v) is 11.6. The molecule has 7 nitrogen and oxygen atoms in total. The zero-order valence-electron chi connectivity index (χ0n) is 17.8. The molecule has 0 spiro atoms. The number of hydrogen-bond acceptors (Lipinski definition) is 5. The molecule has 2 heterocycles. The normalized spacial score (nSPS) is 11.4. The van der Waals surface area contributed by atoms with E-state index in [-0.39, 0.29) is 22.2 Å². The summed E-state index contributed by atoms with van der Waals surface area (Å²) in [5.74, 6) is 0.421. The lowest BCUT2D eigenvalue weighted by Gasteiger charge is -2.11. The van der Waals surface area contributed by atoms with E-state index < -0.39 is 9.84 Å². The first-order chi connectivity index (χ1) is 15.4. The van der Waals surface area contributed by atoms with Gasteiger partial charge in [0.25, 0.3) is 5.91 Å². The predicted molar refractivity (Wildman–Crippen MR) is 121 cm³/mol. The van der Waals surface area contributed by atoms with Crippen LogP contribution in [0, 0.1) is 6.92 Å². The van der Waals surface area contributed by atoms with Gasteiger partial charge in [-0.15, -0.1) is 0 Å². The fourth-order valence-electron chi connectivity index (χ4n) is 3.43. The van der Waals surface area contributed by atoms with Crippen LogP contribution in [0.25, 0.3) is 5.65 Å². The Morgan fingerprint density at radius 1 is 1.09 bits per heavy atom. The number of hydrogen-bond donors (Lipinski definition) is 1. The average molecular weight is 450 g/mol. The molecule has 4 rings (SSSR count). The van der Waals surface area contributed by atoms with Crippen molar-refractivity contribution in [1.82, 2.24) is 14.7 Å². The second-order valence-corrected chi connectivity index (χ2v) is 9.22. The van der Waals surface area contributed by atoms with Gasteiger partial charge in [0.15, 0.2) is 0 Å². The van der Waals surface area contributed by atoms with Gasteiger partial charge in [0.1, 0.15) is 11.4 Å². The number of aryl methyl sites for hydroxylation is 1. The summed E-state index contributed by atoms with van der Waals surface area (Å²) in [6.45, 7) is 4.42. The van der Waals surface area contributed by atoms with Gasteiger partial charge in [0, 0.05) is 25.1 Å². The maximum atomic E-state index is 13.1. The summed E-state index contributed by atoms with van der Waals surface area (Å²) in [5, 5.41) is 2.85. The first-order valence-electron chi connectivity index (χ1n) is 10.2. The van der Waals surface area contributed by atoms with Crippen molar-refractivity contribution in [3.8, 4) is 5.75 Å². The Kier molecular flexibility index (Phi) is 5.96. The zero-order chi connectivity index (χ0) is 22.7. The van der Waals surface area contributed by atoms with E-state index in [1.165, 1.54) is 0 Å². The summed E-state index contributed by atoms with van der Waals surface area (Å²) >= 11 is 0. The van der Waals surface area contributed by atoms with Crippen LogP contribution in [0.4, 0.5) is 0 Å². The number of sulfone groups is 1. The lowest BCUT2D eigenvalue weighted by molar-refractivity contribution is 0.0950. The smallest absolute Gasteiger partial charge is 0.253 e. The monoisotopic (exact) mass is 449 g/mol. The molecule has 0 fully saturated rings. The van der Waals surface area contributed by atoms with E-state index in [0.29, 0.717) is 23.5 Å². The van der Waals surface area contributed by atoms with Gasteiger partial charge in [-0.3, -0.25) is 4.79 Å². The third kappa shape index (κ3) is 4.36. The average Bonchev–Trinajstić information content (AvgIpc) is 3.26. The third-order valence-corrected chi connectivity index (χ3v) is 7.01. The lowest BCUT2D eigenvalue weighted by Crippen LogP contribution is -2.23. The molecule has 4 aromatic rings. The lowest BCUT2D eigenvalue weighted by atomic mass is 10.2. The summed E-state index contributed by atoms with van der Waals surface area (Å²) in [6, 6.07) is 15.0. The van der Waals surface area contributed by atoms with E-state index in [4.69, 9.17) is 4.74 Å². The number of imidazole rings is 1. The van der Waals surface area contributed by atoms with Gasteiger partial charge < -0.3 is 14.5 Å². The summed E-state index contributed by atoms with van der Waals surface area (Å²) in [7, 11) is -3.66. The topological polar surface area (TPSA) is 89.8 Å². The van der Waals surface area contributed by atoms with Crippen LogP contribution in [-0.2, 0) is 16.4 Å². The molecule has 0 unspecified atom stereocenters. The van der Waals surface area contributed by atoms with E-state index in [1.807, 2.05) is 6.92 Å². The minimum atomic E-state index is -3.66. The Labute approximate surface area is 186 Å². The molecule has 2 aromatic heterocycles. The van der Waals surface area contributed by atoms with E-state index in [1.54, 1.807) is 84.5 Å². The van der Waals surface area contributed by atoms with Gasteiger partial charge in [-0.25, -0.2) is 13.4 Å². The van der Waals surface area contributed by atoms with Crippen LogP contribution < -0.4 is 10.1 Å². The highest BCUT2D eigenvalue weighted by atomic mass is 32.2. The summed E-state index contributed by atoms with van der Waals surface area (Å²) in [6.07, 6.45) is 5.16. The molecule has 0 aliphatic rings. The number of fused-ring (bicyclic) bond motifs is 1. The number of carbonyl (C=O) groups excluding carboxylic acids is 1. The Bertz CT molecular complexity index is 1380. The van der Waals surface area contributed by atoms with Crippen LogP contribution in [0.3, 0.4) is 0 Å². The molecule has 0 radical (unpaired) electrons. The molecule has 0 saturated heterocycles. The Morgan fingerprint density at radius 2 is 1.88 bits per heavy atom. The highest BCUT2D eigenvalue weighted by Crippen LogP contribution is 2.27. The van der Waals surface area contributed by atoms with Crippen molar-refractivity contribution in [3.05, 3.63) is 89.9 Å². The van der Waals surface area contributed by atoms with Crippen molar-refractivity contribution in [2.45, 2.75) is 30.2 Å². The summed E-state index contributed by atoms with van der Waals surface area (Å²) in [5.41, 5.74) is 2.70. The molecule has 32 heavy (non-hydrogen) atoms. The first kappa shape index (κ1) is 21.6. The van der Waals surface area contributed by atoms with Crippen molar-refractivity contribution in [2.24, 2.45) is 0 Å². The Balaban J connectivity index is 1.46. The van der Waals surface area contributed by atoms with E-state index >= 15 is 0 Å². The number of ether oxygens (including phenoxy) is 1. The second kappa shape index (κ2) is 8.84. The molecular formula is C24H23N3O4S. The highest BCUT2D eigenvalue weighted by molar-refractivity contribution is 7.91. The largest absolute Gasteiger partial charge is 0.494 e.